The predicted molar refractivity (Wildman–Crippen MR) is 99.6 cm³/mol. The van der Waals surface area contributed by atoms with Crippen molar-refractivity contribution < 1.29 is 14.6 Å². The van der Waals surface area contributed by atoms with E-state index in [1.807, 2.05) is 50.2 Å². The highest BCUT2D eigenvalue weighted by Crippen LogP contribution is 2.28. The quantitative estimate of drug-likeness (QED) is 0.679. The van der Waals surface area contributed by atoms with E-state index in [2.05, 4.69) is 15.3 Å². The van der Waals surface area contributed by atoms with Crippen LogP contribution in [0.5, 0.6) is 11.6 Å². The van der Waals surface area contributed by atoms with Gasteiger partial charge in [-0.1, -0.05) is 19.1 Å². The highest BCUT2D eigenvalue weighted by Gasteiger charge is 2.16. The molecule has 6 nitrogen and oxygen atoms in total. The van der Waals surface area contributed by atoms with E-state index in [4.69, 9.17) is 4.74 Å². The van der Waals surface area contributed by atoms with Gasteiger partial charge in [-0.3, -0.25) is 9.78 Å². The molecule has 0 unspecified atom stereocenters. The Labute approximate surface area is 151 Å². The fourth-order valence-corrected chi connectivity index (χ4v) is 2.80. The number of hydrogen-bond donors (Lipinski definition) is 2. The zero-order valence-corrected chi connectivity index (χ0v) is 14.8. The summed E-state index contributed by atoms with van der Waals surface area (Å²) >= 11 is 0. The minimum absolute atomic E-state index is 0.416. The second-order valence-electron chi connectivity index (χ2n) is 6.06. The van der Waals surface area contributed by atoms with Crippen LogP contribution in [0.15, 0.2) is 48.8 Å². The van der Waals surface area contributed by atoms with Crippen molar-refractivity contribution in [1.82, 2.24) is 15.3 Å². The van der Waals surface area contributed by atoms with Gasteiger partial charge in [0.2, 0.25) is 5.88 Å². The number of nitrogens with zero attached hydrogens (tertiary/aromatic N) is 2. The number of pyridine rings is 2. The van der Waals surface area contributed by atoms with E-state index in [1.165, 1.54) is 0 Å². The maximum absolute atomic E-state index is 11.3. The number of rotatable bonds is 7. The van der Waals surface area contributed by atoms with Crippen LogP contribution >= 0.6 is 0 Å². The molecular formula is C20H21N3O3. The molecule has 0 aliphatic heterocycles. The lowest BCUT2D eigenvalue weighted by Gasteiger charge is -2.13. The number of aromatic nitrogens is 2. The summed E-state index contributed by atoms with van der Waals surface area (Å²) < 4.78 is 5.94. The Morgan fingerprint density at radius 1 is 1.27 bits per heavy atom. The highest BCUT2D eigenvalue weighted by molar-refractivity contribution is 5.86. The monoisotopic (exact) mass is 351 g/mol. The maximum Gasteiger partial charge on any atom is 0.321 e. The van der Waals surface area contributed by atoms with E-state index in [1.54, 1.807) is 12.4 Å². The minimum atomic E-state index is -0.852. The number of carboxylic acid groups (broad SMARTS) is 1. The number of carbonyl (C=O) groups is 1. The van der Waals surface area contributed by atoms with Crippen molar-refractivity contribution >= 4 is 16.7 Å². The summed E-state index contributed by atoms with van der Waals surface area (Å²) in [6.07, 6.45) is 3.89. The normalized spacial score (nSPS) is 12.1. The molecule has 0 fully saturated rings. The molecule has 3 aromatic rings. The molecule has 0 spiro atoms. The molecule has 2 aromatic heterocycles. The minimum Gasteiger partial charge on any atom is -0.480 e. The summed E-state index contributed by atoms with van der Waals surface area (Å²) in [5, 5.41) is 14.1. The number of nitrogens with one attached hydrogen (secondary N) is 1. The third-order valence-electron chi connectivity index (χ3n) is 4.05. The molecule has 0 saturated heterocycles. The van der Waals surface area contributed by atoms with Crippen LogP contribution in [0.25, 0.3) is 10.8 Å². The summed E-state index contributed by atoms with van der Waals surface area (Å²) in [4.78, 5) is 19.9. The molecule has 6 heteroatoms. The van der Waals surface area contributed by atoms with E-state index in [0.29, 0.717) is 24.6 Å². The Kier molecular flexibility index (Phi) is 5.43. The molecule has 134 valence electrons. The van der Waals surface area contributed by atoms with Gasteiger partial charge in [-0.25, -0.2) is 4.98 Å². The molecule has 0 amide bonds. The molecule has 26 heavy (non-hydrogen) atoms. The topological polar surface area (TPSA) is 84.3 Å². The maximum atomic E-state index is 11.3. The first-order valence-electron chi connectivity index (χ1n) is 8.51. The number of hydrogen-bond acceptors (Lipinski definition) is 5. The smallest absolute Gasteiger partial charge is 0.321 e. The summed E-state index contributed by atoms with van der Waals surface area (Å²) in [5.41, 5.74) is 1.79. The zero-order chi connectivity index (χ0) is 18.5. The Balaban J connectivity index is 1.79. The average molecular weight is 351 g/mol. The summed E-state index contributed by atoms with van der Waals surface area (Å²) in [5.74, 6) is 0.305. The molecule has 1 atom stereocenters. The summed E-state index contributed by atoms with van der Waals surface area (Å²) in [7, 11) is 0. The third-order valence-corrected chi connectivity index (χ3v) is 4.05. The van der Waals surface area contributed by atoms with E-state index in [0.717, 1.165) is 22.0 Å². The fourth-order valence-electron chi connectivity index (χ4n) is 2.80. The highest BCUT2D eigenvalue weighted by atomic mass is 16.5. The standard InChI is InChI=1S/C20H21N3O3/c1-3-22-18(20(24)25)11-14-4-6-16(7-5-14)26-19-17-12-21-9-8-15(17)10-13(2)23-19/h4-10,12,18,22H,3,11H2,1-2H3,(H,24,25)/t18-/m0/s1. The van der Waals surface area contributed by atoms with Crippen molar-refractivity contribution in [2.75, 3.05) is 6.54 Å². The van der Waals surface area contributed by atoms with Gasteiger partial charge in [0.25, 0.3) is 0 Å². The lowest BCUT2D eigenvalue weighted by atomic mass is 10.1. The van der Waals surface area contributed by atoms with Gasteiger partial charge in [0.05, 0.1) is 5.39 Å². The van der Waals surface area contributed by atoms with Crippen LogP contribution in [-0.4, -0.2) is 33.6 Å². The lowest BCUT2D eigenvalue weighted by Crippen LogP contribution is -2.38. The van der Waals surface area contributed by atoms with Crippen LogP contribution in [0, 0.1) is 6.92 Å². The third kappa shape index (κ3) is 4.15. The first-order chi connectivity index (χ1) is 12.6. The zero-order valence-electron chi connectivity index (χ0n) is 14.8. The second-order valence-corrected chi connectivity index (χ2v) is 6.06. The van der Waals surface area contributed by atoms with Crippen LogP contribution in [0.2, 0.25) is 0 Å². The van der Waals surface area contributed by atoms with Gasteiger partial charge >= 0.3 is 5.97 Å². The van der Waals surface area contributed by atoms with E-state index >= 15 is 0 Å². The van der Waals surface area contributed by atoms with Crippen LogP contribution in [0.3, 0.4) is 0 Å². The van der Waals surface area contributed by atoms with Crippen molar-refractivity contribution in [3.05, 3.63) is 60.0 Å². The van der Waals surface area contributed by atoms with Crippen molar-refractivity contribution in [3.8, 4) is 11.6 Å². The van der Waals surface area contributed by atoms with Crippen molar-refractivity contribution in [2.24, 2.45) is 0 Å². The molecule has 0 aliphatic carbocycles. The van der Waals surface area contributed by atoms with E-state index in [9.17, 15) is 9.90 Å². The van der Waals surface area contributed by atoms with Crippen LogP contribution in [0.4, 0.5) is 0 Å². The number of aryl methyl sites for hydroxylation is 1. The van der Waals surface area contributed by atoms with Gasteiger partial charge < -0.3 is 15.2 Å². The van der Waals surface area contributed by atoms with Crippen molar-refractivity contribution in [2.45, 2.75) is 26.3 Å². The molecule has 2 N–H and O–H groups in total. The number of likely N-dealkylation sites (N-methyl/N-ethyl adjacent to an activating group) is 1. The van der Waals surface area contributed by atoms with E-state index < -0.39 is 12.0 Å². The van der Waals surface area contributed by atoms with Gasteiger partial charge in [0, 0.05) is 18.1 Å². The summed E-state index contributed by atoms with van der Waals surface area (Å²) in [6, 6.07) is 10.7. The fraction of sp³-hybridized carbons (Fsp3) is 0.250. The van der Waals surface area contributed by atoms with Gasteiger partial charge in [0.15, 0.2) is 0 Å². The Hall–Kier alpha value is -2.99. The van der Waals surface area contributed by atoms with Gasteiger partial charge in [0.1, 0.15) is 11.8 Å². The Morgan fingerprint density at radius 3 is 2.73 bits per heavy atom. The van der Waals surface area contributed by atoms with Gasteiger partial charge in [-0.05, 0) is 55.1 Å². The predicted octanol–water partition coefficient (Wildman–Crippen LogP) is 3.34. The molecule has 0 bridgehead atoms. The number of carboxylic acids is 1. The van der Waals surface area contributed by atoms with Crippen molar-refractivity contribution in [1.29, 1.82) is 0 Å². The number of ether oxygens (including phenoxy) is 1. The number of fused-ring (bicyclic) bond motifs is 1. The number of aliphatic carboxylic acids is 1. The molecule has 0 radical (unpaired) electrons. The largest absolute Gasteiger partial charge is 0.480 e. The SMILES string of the molecule is CCN[C@@H](Cc1ccc(Oc2nc(C)cc3ccncc23)cc1)C(=O)O. The molecule has 1 aromatic carbocycles. The van der Waals surface area contributed by atoms with Crippen LogP contribution in [-0.2, 0) is 11.2 Å². The first kappa shape index (κ1) is 17.8. The summed E-state index contributed by atoms with van der Waals surface area (Å²) in [6.45, 7) is 4.42. The average Bonchev–Trinajstić information content (AvgIpc) is 2.62. The second kappa shape index (κ2) is 7.93. The molecular weight excluding hydrogens is 330 g/mol. The van der Waals surface area contributed by atoms with Crippen molar-refractivity contribution in [3.63, 3.8) is 0 Å². The van der Waals surface area contributed by atoms with Gasteiger partial charge in [-0.2, -0.15) is 0 Å². The van der Waals surface area contributed by atoms with Crippen LogP contribution < -0.4 is 10.1 Å². The Bertz CT molecular complexity index is 910. The van der Waals surface area contributed by atoms with Gasteiger partial charge in [-0.15, -0.1) is 0 Å². The first-order valence-corrected chi connectivity index (χ1v) is 8.51. The molecule has 3 rings (SSSR count). The molecule has 0 aliphatic rings. The number of benzene rings is 1. The molecule has 2 heterocycles. The van der Waals surface area contributed by atoms with E-state index in [-0.39, 0.29) is 0 Å². The van der Waals surface area contributed by atoms with Crippen LogP contribution in [0.1, 0.15) is 18.2 Å². The lowest BCUT2D eigenvalue weighted by molar-refractivity contribution is -0.139. The molecule has 0 saturated carbocycles. The Morgan fingerprint density at radius 2 is 2.04 bits per heavy atom.